The highest BCUT2D eigenvalue weighted by atomic mass is 19.4. The van der Waals surface area contributed by atoms with E-state index in [0.717, 1.165) is 30.6 Å². The van der Waals surface area contributed by atoms with Gasteiger partial charge in [-0.3, -0.25) is 9.59 Å². The number of nitrogens with zero attached hydrogens (tertiary/aromatic N) is 2. The maximum absolute atomic E-state index is 14.0. The lowest BCUT2D eigenvalue weighted by Gasteiger charge is -2.44. The maximum atomic E-state index is 14.0. The second-order valence-electron chi connectivity index (χ2n) is 14.3. The van der Waals surface area contributed by atoms with Gasteiger partial charge in [0.15, 0.2) is 0 Å². The van der Waals surface area contributed by atoms with Gasteiger partial charge in [0.05, 0.1) is 23.8 Å². The lowest BCUT2D eigenvalue weighted by Crippen LogP contribution is -2.49. The van der Waals surface area contributed by atoms with Crippen LogP contribution in [0.15, 0.2) is 66.7 Å². The highest BCUT2D eigenvalue weighted by molar-refractivity contribution is 5.95. The first-order valence-corrected chi connectivity index (χ1v) is 18.0. The normalized spacial score (nSPS) is 21.4. The van der Waals surface area contributed by atoms with Gasteiger partial charge < -0.3 is 30.3 Å². The van der Waals surface area contributed by atoms with Crippen molar-refractivity contribution in [2.45, 2.75) is 68.0 Å². The highest BCUT2D eigenvalue weighted by Crippen LogP contribution is 2.48. The summed E-state index contributed by atoms with van der Waals surface area (Å²) in [6.45, 7) is 2.25. The van der Waals surface area contributed by atoms with Crippen molar-refractivity contribution in [2.75, 3.05) is 52.6 Å². The Kier molecular flexibility index (Phi) is 11.7. The third-order valence-electron chi connectivity index (χ3n) is 11.0. The number of amides is 2. The van der Waals surface area contributed by atoms with Gasteiger partial charge in [-0.15, -0.1) is 0 Å². The number of unbranched alkanes of at least 4 members (excludes halogenated alkanes) is 1. The van der Waals surface area contributed by atoms with Crippen LogP contribution in [0.3, 0.4) is 0 Å². The third-order valence-corrected chi connectivity index (χ3v) is 11.0. The van der Waals surface area contributed by atoms with Gasteiger partial charge in [-0.05, 0) is 105 Å². The molecule has 0 bridgehead atoms. The highest BCUT2D eigenvalue weighted by Gasteiger charge is 2.50. The summed E-state index contributed by atoms with van der Waals surface area (Å²) >= 11 is 0. The number of carbonyl (C=O) groups is 2. The van der Waals surface area contributed by atoms with Crippen LogP contribution < -0.4 is 11.1 Å². The SMILES string of the molecule is NCCCCNC(=O)CO[C@H]1Cc2ccccc2C12CCN(CC[C@@]1(c3ccc(F)cc3)CN(C(=O)c3cc(C(F)(F)F)cc(C(F)(F)F)c3)CO1)CC2. The fourth-order valence-electron chi connectivity index (χ4n) is 8.02. The number of ether oxygens (including phenoxy) is 2. The van der Waals surface area contributed by atoms with Gasteiger partial charge in [-0.25, -0.2) is 4.39 Å². The van der Waals surface area contributed by atoms with Gasteiger partial charge in [0, 0.05) is 24.1 Å². The Hall–Kier alpha value is -4.05. The number of hydrogen-bond donors (Lipinski definition) is 2. The fraction of sp³-hybridized carbons (Fsp3) is 0.487. The Labute approximate surface area is 308 Å². The molecule has 2 fully saturated rings. The second-order valence-corrected chi connectivity index (χ2v) is 14.3. The van der Waals surface area contributed by atoms with E-state index in [4.69, 9.17) is 15.2 Å². The standard InChI is InChI=1S/C39H43F7N4O4/c40-31-9-7-28(8-10-31)37(24-50(25-54-37)35(52)27-19-29(38(41,42)43)22-30(20-27)39(44,45)46)13-18-49-16-11-36(12-17-49)32-6-2-1-5-26(32)21-33(36)53-23-34(51)48-15-4-3-14-47/h1-2,5-10,19-20,22,33H,3-4,11-18,21,23-25,47H2,(H,48,51)/t33-,37-/m0/s1. The average molecular weight is 765 g/mol. The van der Waals surface area contributed by atoms with Crippen LogP contribution in [0.1, 0.15) is 70.3 Å². The number of carbonyl (C=O) groups excluding carboxylic acids is 2. The molecule has 6 rings (SSSR count). The maximum Gasteiger partial charge on any atom is 0.416 e. The number of fused-ring (bicyclic) bond motifs is 2. The summed E-state index contributed by atoms with van der Waals surface area (Å²) in [4.78, 5) is 29.4. The van der Waals surface area contributed by atoms with Crippen LogP contribution in [0, 0.1) is 5.82 Å². The lowest BCUT2D eigenvalue weighted by atomic mass is 9.72. The van der Waals surface area contributed by atoms with Crippen molar-refractivity contribution in [3.63, 3.8) is 0 Å². The molecule has 54 heavy (non-hydrogen) atoms. The van der Waals surface area contributed by atoms with E-state index in [1.807, 2.05) is 12.1 Å². The van der Waals surface area contributed by atoms with E-state index in [1.54, 1.807) is 0 Å². The summed E-state index contributed by atoms with van der Waals surface area (Å²) in [5.74, 6) is -1.74. The summed E-state index contributed by atoms with van der Waals surface area (Å²) in [5.41, 5.74) is 2.98. The Morgan fingerprint density at radius 1 is 0.926 bits per heavy atom. The second kappa shape index (κ2) is 16.0. The zero-order valence-electron chi connectivity index (χ0n) is 29.6. The molecule has 0 radical (unpaired) electrons. The number of likely N-dealkylation sites (tertiary alicyclic amines) is 1. The van der Waals surface area contributed by atoms with Crippen molar-refractivity contribution in [2.24, 2.45) is 5.73 Å². The largest absolute Gasteiger partial charge is 0.416 e. The van der Waals surface area contributed by atoms with Crippen LogP contribution in [0.5, 0.6) is 0 Å². The van der Waals surface area contributed by atoms with E-state index in [2.05, 4.69) is 22.3 Å². The Morgan fingerprint density at radius 3 is 2.24 bits per heavy atom. The molecule has 2 amide bonds. The summed E-state index contributed by atoms with van der Waals surface area (Å²) < 4.78 is 108. The van der Waals surface area contributed by atoms with E-state index >= 15 is 0 Å². The van der Waals surface area contributed by atoms with Gasteiger partial charge in [0.2, 0.25) is 5.91 Å². The van der Waals surface area contributed by atoms with E-state index in [1.165, 1.54) is 35.4 Å². The van der Waals surface area contributed by atoms with Gasteiger partial charge in [0.25, 0.3) is 5.91 Å². The molecule has 3 N–H and O–H groups in total. The molecule has 1 aliphatic carbocycles. The molecule has 292 valence electrons. The summed E-state index contributed by atoms with van der Waals surface area (Å²) in [7, 11) is 0. The van der Waals surface area contributed by atoms with E-state index in [9.17, 15) is 40.3 Å². The number of nitrogens with one attached hydrogen (secondary N) is 1. The zero-order chi connectivity index (χ0) is 38.7. The smallest absolute Gasteiger partial charge is 0.367 e. The topological polar surface area (TPSA) is 97.1 Å². The van der Waals surface area contributed by atoms with E-state index in [0.29, 0.717) is 63.3 Å². The first kappa shape index (κ1) is 39.6. The van der Waals surface area contributed by atoms with Gasteiger partial charge in [-0.1, -0.05) is 36.4 Å². The Balaban J connectivity index is 1.16. The number of hydrogen-bond acceptors (Lipinski definition) is 6. The minimum atomic E-state index is -5.12. The number of nitrogens with two attached hydrogens (primary N) is 1. The van der Waals surface area contributed by atoms with Crippen LogP contribution in [-0.4, -0.2) is 80.3 Å². The average Bonchev–Trinajstić information content (AvgIpc) is 3.71. The molecule has 0 aromatic heterocycles. The quantitative estimate of drug-likeness (QED) is 0.164. The van der Waals surface area contributed by atoms with Crippen molar-refractivity contribution >= 4 is 11.8 Å². The van der Waals surface area contributed by atoms with Crippen LogP contribution >= 0.6 is 0 Å². The van der Waals surface area contributed by atoms with Crippen molar-refractivity contribution in [1.29, 1.82) is 0 Å². The molecule has 15 heteroatoms. The fourth-order valence-corrected chi connectivity index (χ4v) is 8.02. The molecule has 2 atom stereocenters. The first-order valence-electron chi connectivity index (χ1n) is 18.0. The molecular formula is C39H43F7N4O4. The molecular weight excluding hydrogens is 721 g/mol. The predicted molar refractivity (Wildman–Crippen MR) is 185 cm³/mol. The number of rotatable bonds is 12. The monoisotopic (exact) mass is 764 g/mol. The van der Waals surface area contributed by atoms with Crippen LogP contribution in [0.4, 0.5) is 30.7 Å². The van der Waals surface area contributed by atoms with Gasteiger partial charge >= 0.3 is 12.4 Å². The molecule has 3 aromatic carbocycles. The predicted octanol–water partition coefficient (Wildman–Crippen LogP) is 6.41. The van der Waals surface area contributed by atoms with E-state index in [-0.39, 0.29) is 36.6 Å². The molecule has 2 aliphatic heterocycles. The van der Waals surface area contributed by atoms with Gasteiger partial charge in [0.1, 0.15) is 24.8 Å². The molecule has 3 aromatic rings. The lowest BCUT2D eigenvalue weighted by molar-refractivity contribution is -0.143. The zero-order valence-corrected chi connectivity index (χ0v) is 29.6. The molecule has 0 saturated carbocycles. The molecule has 2 saturated heterocycles. The van der Waals surface area contributed by atoms with Crippen LogP contribution in [0.2, 0.25) is 0 Å². The number of halogens is 7. The molecule has 8 nitrogen and oxygen atoms in total. The third kappa shape index (κ3) is 8.59. The molecule has 2 heterocycles. The van der Waals surface area contributed by atoms with Crippen molar-refractivity contribution in [1.82, 2.24) is 15.1 Å². The van der Waals surface area contributed by atoms with Crippen molar-refractivity contribution < 1.29 is 49.8 Å². The van der Waals surface area contributed by atoms with E-state index < -0.39 is 53.1 Å². The Bertz CT molecular complexity index is 1760. The molecule has 0 unspecified atom stereocenters. The van der Waals surface area contributed by atoms with Gasteiger partial charge in [-0.2, -0.15) is 26.3 Å². The minimum Gasteiger partial charge on any atom is -0.367 e. The Morgan fingerprint density at radius 2 is 1.59 bits per heavy atom. The minimum absolute atomic E-state index is 0.0237. The summed E-state index contributed by atoms with van der Waals surface area (Å²) in [6.07, 6.45) is -6.38. The molecule has 1 spiro atoms. The summed E-state index contributed by atoms with van der Waals surface area (Å²) in [6, 6.07) is 14.5. The summed E-state index contributed by atoms with van der Waals surface area (Å²) in [5, 5.41) is 2.89. The first-order chi connectivity index (χ1) is 25.6. The number of benzene rings is 3. The molecule has 3 aliphatic rings. The van der Waals surface area contributed by atoms with Crippen LogP contribution in [-0.2, 0) is 44.1 Å². The van der Waals surface area contributed by atoms with Crippen molar-refractivity contribution in [3.05, 3.63) is 106 Å². The number of alkyl halides is 6. The number of piperidine rings is 1. The van der Waals surface area contributed by atoms with Crippen LogP contribution in [0.25, 0.3) is 0 Å². The van der Waals surface area contributed by atoms with Crippen molar-refractivity contribution in [3.8, 4) is 0 Å².